The zero-order chi connectivity index (χ0) is 17.6. The van der Waals surface area contributed by atoms with Crippen LogP contribution in [0, 0.1) is 0 Å². The zero-order valence-electron chi connectivity index (χ0n) is 13.5. The van der Waals surface area contributed by atoms with Crippen LogP contribution < -0.4 is 4.90 Å². The number of carboxylic acid groups (broad SMARTS) is 1. The predicted octanol–water partition coefficient (Wildman–Crippen LogP) is 1.91. The first-order valence-electron chi connectivity index (χ1n) is 7.84. The number of aromatic carboxylic acids is 1. The second-order valence-corrected chi connectivity index (χ2v) is 5.50. The fourth-order valence-electron chi connectivity index (χ4n) is 2.39. The lowest BCUT2D eigenvalue weighted by Crippen LogP contribution is -2.37. The number of benzene rings is 1. The maximum absolute atomic E-state index is 12.1. The second kappa shape index (κ2) is 7.67. The van der Waals surface area contributed by atoms with Gasteiger partial charge >= 0.3 is 5.97 Å². The van der Waals surface area contributed by atoms with E-state index in [4.69, 9.17) is 9.84 Å². The van der Waals surface area contributed by atoms with Crippen LogP contribution in [0.2, 0.25) is 0 Å². The van der Waals surface area contributed by atoms with E-state index in [1.54, 1.807) is 18.5 Å². The van der Waals surface area contributed by atoms with Crippen LogP contribution in [0.4, 0.5) is 5.95 Å². The molecule has 1 aromatic carbocycles. The number of anilines is 1. The molecule has 1 aliphatic heterocycles. The van der Waals surface area contributed by atoms with Gasteiger partial charge in [-0.05, 0) is 24.3 Å². The lowest BCUT2D eigenvalue weighted by atomic mass is 10.1. The van der Waals surface area contributed by atoms with Crippen LogP contribution in [0.25, 0.3) is 6.08 Å². The van der Waals surface area contributed by atoms with Gasteiger partial charge in [0.2, 0.25) is 5.95 Å². The first-order chi connectivity index (χ1) is 12.1. The minimum absolute atomic E-state index is 0.146. The third kappa shape index (κ3) is 4.27. The zero-order valence-corrected chi connectivity index (χ0v) is 13.5. The fraction of sp³-hybridized carbons (Fsp3) is 0.222. The molecule has 1 aromatic heterocycles. The van der Waals surface area contributed by atoms with Gasteiger partial charge in [0.15, 0.2) is 5.78 Å². The number of morpholine rings is 1. The number of ether oxygens (including phenoxy) is 1. The number of carbonyl (C=O) groups excluding carboxylic acids is 1. The summed E-state index contributed by atoms with van der Waals surface area (Å²) in [4.78, 5) is 33.6. The molecule has 0 unspecified atom stereocenters. The predicted molar refractivity (Wildman–Crippen MR) is 91.8 cm³/mol. The van der Waals surface area contributed by atoms with Crippen molar-refractivity contribution in [3.05, 3.63) is 59.4 Å². The van der Waals surface area contributed by atoms with E-state index >= 15 is 0 Å². The molecule has 2 aromatic rings. The third-order valence-corrected chi connectivity index (χ3v) is 3.80. The van der Waals surface area contributed by atoms with Crippen LogP contribution in [-0.4, -0.2) is 53.1 Å². The molecule has 25 heavy (non-hydrogen) atoms. The summed E-state index contributed by atoms with van der Waals surface area (Å²) in [5, 5.41) is 8.86. The summed E-state index contributed by atoms with van der Waals surface area (Å²) < 4.78 is 5.29. The number of rotatable bonds is 5. The van der Waals surface area contributed by atoms with Crippen molar-refractivity contribution in [2.24, 2.45) is 0 Å². The molecule has 1 N–H and O–H groups in total. The van der Waals surface area contributed by atoms with Gasteiger partial charge in [0, 0.05) is 36.6 Å². The molecule has 1 aliphatic rings. The second-order valence-electron chi connectivity index (χ2n) is 5.50. The molecule has 0 bridgehead atoms. The van der Waals surface area contributed by atoms with Crippen LogP contribution in [0.15, 0.2) is 42.7 Å². The smallest absolute Gasteiger partial charge is 0.335 e. The third-order valence-electron chi connectivity index (χ3n) is 3.80. The van der Waals surface area contributed by atoms with Gasteiger partial charge in [-0.1, -0.05) is 12.1 Å². The van der Waals surface area contributed by atoms with E-state index in [9.17, 15) is 9.59 Å². The Morgan fingerprint density at radius 3 is 2.24 bits per heavy atom. The molecule has 0 radical (unpaired) electrons. The van der Waals surface area contributed by atoms with Crippen LogP contribution in [0.1, 0.15) is 26.3 Å². The van der Waals surface area contributed by atoms with Gasteiger partial charge in [0.1, 0.15) is 0 Å². The quantitative estimate of drug-likeness (QED) is 0.657. The molecule has 3 rings (SSSR count). The normalized spacial score (nSPS) is 14.6. The number of nitrogens with zero attached hydrogens (tertiary/aromatic N) is 3. The van der Waals surface area contributed by atoms with Crippen molar-refractivity contribution >= 4 is 23.8 Å². The lowest BCUT2D eigenvalue weighted by Gasteiger charge is -2.26. The summed E-state index contributed by atoms with van der Waals surface area (Å²) in [6, 6.07) is 5.80. The van der Waals surface area contributed by atoms with Crippen molar-refractivity contribution in [1.29, 1.82) is 0 Å². The van der Waals surface area contributed by atoms with Crippen LogP contribution >= 0.6 is 0 Å². The van der Waals surface area contributed by atoms with Gasteiger partial charge in [-0.25, -0.2) is 14.8 Å². The number of hydrogen-bond donors (Lipinski definition) is 1. The Bertz CT molecular complexity index is 779. The molecule has 0 spiro atoms. The highest BCUT2D eigenvalue weighted by molar-refractivity contribution is 6.07. The van der Waals surface area contributed by atoms with E-state index in [1.165, 1.54) is 30.3 Å². The van der Waals surface area contributed by atoms with Crippen molar-refractivity contribution in [2.45, 2.75) is 0 Å². The summed E-state index contributed by atoms with van der Waals surface area (Å²) in [6.45, 7) is 2.86. The van der Waals surface area contributed by atoms with Crippen molar-refractivity contribution in [1.82, 2.24) is 9.97 Å². The Labute approximate surface area is 144 Å². The fourth-order valence-corrected chi connectivity index (χ4v) is 2.39. The minimum Gasteiger partial charge on any atom is -0.478 e. The molecule has 1 fully saturated rings. The Balaban J connectivity index is 1.64. The molecular weight excluding hydrogens is 322 g/mol. The molecule has 2 heterocycles. The maximum Gasteiger partial charge on any atom is 0.335 e. The summed E-state index contributed by atoms with van der Waals surface area (Å²) in [5.41, 5.74) is 1.28. The first kappa shape index (κ1) is 16.8. The number of carboxylic acids is 1. The lowest BCUT2D eigenvalue weighted by molar-refractivity contribution is 0.0696. The van der Waals surface area contributed by atoms with Crippen molar-refractivity contribution in [3.8, 4) is 0 Å². The van der Waals surface area contributed by atoms with Crippen molar-refractivity contribution in [2.75, 3.05) is 31.2 Å². The van der Waals surface area contributed by atoms with Crippen LogP contribution in [0.5, 0.6) is 0 Å². The standard InChI is InChI=1S/C18H17N3O4/c22-16(14-2-4-15(5-3-14)17(23)24)6-1-13-11-19-18(20-12-13)21-7-9-25-10-8-21/h1-6,11-12H,7-10H2,(H,23,24). The largest absolute Gasteiger partial charge is 0.478 e. The number of allylic oxidation sites excluding steroid dienone is 1. The molecule has 128 valence electrons. The SMILES string of the molecule is O=C(O)c1ccc(C(=O)C=Cc2cnc(N3CCOCC3)nc2)cc1. The van der Waals surface area contributed by atoms with Gasteiger partial charge in [0.05, 0.1) is 18.8 Å². The van der Waals surface area contributed by atoms with E-state index in [-0.39, 0.29) is 11.3 Å². The minimum atomic E-state index is -1.02. The Kier molecular flexibility index (Phi) is 5.15. The number of ketones is 1. The Hall–Kier alpha value is -3.06. The summed E-state index contributed by atoms with van der Waals surface area (Å²) in [5.74, 6) is -0.586. The van der Waals surface area contributed by atoms with Gasteiger partial charge < -0.3 is 14.7 Å². The average Bonchev–Trinajstić information content (AvgIpc) is 2.67. The highest BCUT2D eigenvalue weighted by Gasteiger charge is 2.13. The number of hydrogen-bond acceptors (Lipinski definition) is 6. The van der Waals surface area contributed by atoms with Gasteiger partial charge in [0.25, 0.3) is 0 Å². The highest BCUT2D eigenvalue weighted by Crippen LogP contribution is 2.11. The Morgan fingerprint density at radius 2 is 1.64 bits per heavy atom. The van der Waals surface area contributed by atoms with E-state index in [1.807, 2.05) is 4.90 Å². The molecule has 1 saturated heterocycles. The molecule has 0 aliphatic carbocycles. The number of aromatic nitrogens is 2. The molecular formula is C18H17N3O4. The average molecular weight is 339 g/mol. The summed E-state index contributed by atoms with van der Waals surface area (Å²) in [7, 11) is 0. The monoisotopic (exact) mass is 339 g/mol. The first-order valence-corrected chi connectivity index (χ1v) is 7.84. The molecule has 7 heteroatoms. The van der Waals surface area contributed by atoms with Crippen molar-refractivity contribution < 1.29 is 19.4 Å². The topological polar surface area (TPSA) is 92.6 Å². The number of carbonyl (C=O) groups is 2. The van der Waals surface area contributed by atoms with E-state index in [0.717, 1.165) is 13.1 Å². The van der Waals surface area contributed by atoms with E-state index in [0.29, 0.717) is 30.3 Å². The Morgan fingerprint density at radius 1 is 1.04 bits per heavy atom. The summed E-state index contributed by atoms with van der Waals surface area (Å²) in [6.07, 6.45) is 6.38. The van der Waals surface area contributed by atoms with Gasteiger partial charge in [-0.15, -0.1) is 0 Å². The summed E-state index contributed by atoms with van der Waals surface area (Å²) >= 11 is 0. The van der Waals surface area contributed by atoms with Crippen LogP contribution in [0.3, 0.4) is 0 Å². The highest BCUT2D eigenvalue weighted by atomic mass is 16.5. The molecule has 0 amide bonds. The molecule has 7 nitrogen and oxygen atoms in total. The molecule has 0 saturated carbocycles. The van der Waals surface area contributed by atoms with E-state index < -0.39 is 5.97 Å². The maximum atomic E-state index is 12.1. The van der Waals surface area contributed by atoms with Gasteiger partial charge in [-0.3, -0.25) is 4.79 Å². The van der Waals surface area contributed by atoms with E-state index in [2.05, 4.69) is 9.97 Å². The molecule has 0 atom stereocenters. The van der Waals surface area contributed by atoms with Crippen LogP contribution in [-0.2, 0) is 4.74 Å². The van der Waals surface area contributed by atoms with Gasteiger partial charge in [-0.2, -0.15) is 0 Å². The van der Waals surface area contributed by atoms with Crippen molar-refractivity contribution in [3.63, 3.8) is 0 Å².